The van der Waals surface area contributed by atoms with Crippen LogP contribution in [-0.2, 0) is 16.0 Å². The van der Waals surface area contributed by atoms with Gasteiger partial charge in [-0.3, -0.25) is 9.59 Å². The van der Waals surface area contributed by atoms with E-state index in [4.69, 9.17) is 28.9 Å². The van der Waals surface area contributed by atoms with E-state index in [0.29, 0.717) is 21.3 Å². The van der Waals surface area contributed by atoms with Crippen molar-refractivity contribution in [2.75, 3.05) is 11.1 Å². The van der Waals surface area contributed by atoms with Crippen molar-refractivity contribution in [3.8, 4) is 0 Å². The molecule has 0 saturated carbocycles. The molecule has 0 aliphatic heterocycles. The number of anilines is 1. The zero-order valence-electron chi connectivity index (χ0n) is 12.0. The zero-order valence-corrected chi connectivity index (χ0v) is 14.3. The number of carbonyl (C=O) groups is 2. The molecule has 0 aromatic heterocycles. The van der Waals surface area contributed by atoms with Crippen molar-refractivity contribution in [1.29, 1.82) is 0 Å². The number of nitrogens with one attached hydrogen (secondary N) is 1. The molecule has 2 rings (SSSR count). The van der Waals surface area contributed by atoms with Gasteiger partial charge in [0.2, 0.25) is 11.8 Å². The molecule has 0 unspecified atom stereocenters. The van der Waals surface area contributed by atoms with Crippen molar-refractivity contribution in [1.82, 2.24) is 0 Å². The topological polar surface area (TPSA) is 72.2 Å². The van der Waals surface area contributed by atoms with Crippen LogP contribution in [-0.4, -0.2) is 17.6 Å². The zero-order chi connectivity index (χ0) is 16.8. The third-order valence-electron chi connectivity index (χ3n) is 2.93. The highest BCUT2D eigenvalue weighted by Crippen LogP contribution is 2.28. The first-order chi connectivity index (χ1) is 11.0. The van der Waals surface area contributed by atoms with E-state index >= 15 is 0 Å². The van der Waals surface area contributed by atoms with Crippen LogP contribution in [0.2, 0.25) is 10.0 Å². The van der Waals surface area contributed by atoms with E-state index in [1.54, 1.807) is 30.3 Å². The summed E-state index contributed by atoms with van der Waals surface area (Å²) < 4.78 is 0. The minimum atomic E-state index is -0.418. The summed E-state index contributed by atoms with van der Waals surface area (Å²) >= 11 is 13.4. The molecule has 3 N–H and O–H groups in total. The van der Waals surface area contributed by atoms with Crippen molar-refractivity contribution in [3.05, 3.63) is 58.1 Å². The molecule has 2 aromatic carbocycles. The first kappa shape index (κ1) is 17.7. The second-order valence-electron chi connectivity index (χ2n) is 4.68. The van der Waals surface area contributed by atoms with E-state index in [1.165, 1.54) is 11.8 Å². The van der Waals surface area contributed by atoms with E-state index in [9.17, 15) is 9.59 Å². The number of rotatable bonds is 6. The van der Waals surface area contributed by atoms with Crippen LogP contribution in [0, 0.1) is 0 Å². The summed E-state index contributed by atoms with van der Waals surface area (Å²) in [6, 6.07) is 12.3. The van der Waals surface area contributed by atoms with Gasteiger partial charge in [0.05, 0.1) is 17.9 Å². The number of primary amides is 1. The Bertz CT molecular complexity index is 718. The maximum Gasteiger partial charge on any atom is 0.228 e. The molecule has 0 aliphatic carbocycles. The molecule has 0 radical (unpaired) electrons. The standard InChI is InChI=1S/C16H14Cl2N2O2S/c17-11-4-3-5-12(18)10(11)8-16(22)20-13-6-1-2-7-14(13)23-9-15(19)21/h1-7H,8-9H2,(H2,19,21)(H,20,22). The average molecular weight is 369 g/mol. The van der Waals surface area contributed by atoms with Crippen LogP contribution in [0.4, 0.5) is 5.69 Å². The van der Waals surface area contributed by atoms with Crippen LogP contribution < -0.4 is 11.1 Å². The number of amides is 2. The Labute approximate surface area is 148 Å². The molecule has 4 nitrogen and oxygen atoms in total. The Morgan fingerprint density at radius 3 is 2.35 bits per heavy atom. The highest BCUT2D eigenvalue weighted by Gasteiger charge is 2.13. The Hall–Kier alpha value is -1.69. The SMILES string of the molecule is NC(=O)CSc1ccccc1NC(=O)Cc1c(Cl)cccc1Cl. The second-order valence-corrected chi connectivity index (χ2v) is 6.51. The highest BCUT2D eigenvalue weighted by atomic mass is 35.5. The van der Waals surface area contributed by atoms with Gasteiger partial charge in [-0.15, -0.1) is 11.8 Å². The fourth-order valence-corrected chi connectivity index (χ4v) is 3.18. The summed E-state index contributed by atoms with van der Waals surface area (Å²) in [4.78, 5) is 23.9. The van der Waals surface area contributed by atoms with E-state index in [-0.39, 0.29) is 18.1 Å². The molecule has 0 spiro atoms. The predicted molar refractivity (Wildman–Crippen MR) is 95.2 cm³/mol. The number of halogens is 2. The third kappa shape index (κ3) is 5.16. The van der Waals surface area contributed by atoms with Gasteiger partial charge in [-0.2, -0.15) is 0 Å². The normalized spacial score (nSPS) is 10.3. The number of benzene rings is 2. The van der Waals surface area contributed by atoms with Crippen LogP contribution in [0.3, 0.4) is 0 Å². The van der Waals surface area contributed by atoms with Gasteiger partial charge in [-0.1, -0.05) is 41.4 Å². The number of nitrogens with two attached hydrogens (primary N) is 1. The lowest BCUT2D eigenvalue weighted by Gasteiger charge is -2.11. The fraction of sp³-hybridized carbons (Fsp3) is 0.125. The third-order valence-corrected chi connectivity index (χ3v) is 4.73. The smallest absolute Gasteiger partial charge is 0.228 e. The molecule has 2 amide bonds. The maximum atomic E-state index is 12.2. The van der Waals surface area contributed by atoms with Crippen LogP contribution in [0.1, 0.15) is 5.56 Å². The van der Waals surface area contributed by atoms with Gasteiger partial charge in [0.15, 0.2) is 0 Å². The molecule has 2 aromatic rings. The van der Waals surface area contributed by atoms with Crippen molar-refractivity contribution in [2.24, 2.45) is 5.73 Å². The van der Waals surface area contributed by atoms with Gasteiger partial charge in [0, 0.05) is 14.9 Å². The molecule has 7 heteroatoms. The minimum Gasteiger partial charge on any atom is -0.369 e. The quantitative estimate of drug-likeness (QED) is 0.762. The van der Waals surface area contributed by atoms with E-state index in [1.807, 2.05) is 12.1 Å². The number of thioether (sulfide) groups is 1. The molecule has 0 heterocycles. The highest BCUT2D eigenvalue weighted by molar-refractivity contribution is 8.00. The molecule has 0 bridgehead atoms. The Morgan fingerprint density at radius 1 is 1.04 bits per heavy atom. The molecular weight excluding hydrogens is 355 g/mol. The molecule has 120 valence electrons. The van der Waals surface area contributed by atoms with Gasteiger partial charge in [-0.25, -0.2) is 0 Å². The first-order valence-electron chi connectivity index (χ1n) is 6.70. The van der Waals surface area contributed by atoms with E-state index < -0.39 is 5.91 Å². The monoisotopic (exact) mass is 368 g/mol. The van der Waals surface area contributed by atoms with Crippen molar-refractivity contribution >= 4 is 52.5 Å². The van der Waals surface area contributed by atoms with Gasteiger partial charge in [-0.05, 0) is 29.8 Å². The fourth-order valence-electron chi connectivity index (χ4n) is 1.90. The molecule has 0 saturated heterocycles. The lowest BCUT2D eigenvalue weighted by molar-refractivity contribution is -0.116. The Morgan fingerprint density at radius 2 is 1.70 bits per heavy atom. The van der Waals surface area contributed by atoms with Crippen LogP contribution in [0.15, 0.2) is 47.4 Å². The number of carbonyl (C=O) groups excluding carboxylic acids is 2. The molecular formula is C16H14Cl2N2O2S. The van der Waals surface area contributed by atoms with Gasteiger partial charge < -0.3 is 11.1 Å². The Balaban J connectivity index is 2.10. The summed E-state index contributed by atoms with van der Waals surface area (Å²) in [5, 5.41) is 3.70. The van der Waals surface area contributed by atoms with Gasteiger partial charge in [0.1, 0.15) is 0 Å². The second kappa shape index (κ2) is 8.24. The largest absolute Gasteiger partial charge is 0.369 e. The molecule has 23 heavy (non-hydrogen) atoms. The minimum absolute atomic E-state index is 0.0628. The van der Waals surface area contributed by atoms with E-state index in [0.717, 1.165) is 4.90 Å². The van der Waals surface area contributed by atoms with E-state index in [2.05, 4.69) is 5.32 Å². The summed E-state index contributed by atoms with van der Waals surface area (Å²) in [6.45, 7) is 0. The van der Waals surface area contributed by atoms with Gasteiger partial charge >= 0.3 is 0 Å². The number of para-hydroxylation sites is 1. The van der Waals surface area contributed by atoms with Crippen LogP contribution >= 0.6 is 35.0 Å². The predicted octanol–water partition coefficient (Wildman–Crippen LogP) is 3.75. The number of hydrogen-bond donors (Lipinski definition) is 2. The summed E-state index contributed by atoms with van der Waals surface area (Å²) in [5.74, 6) is -0.519. The van der Waals surface area contributed by atoms with Gasteiger partial charge in [0.25, 0.3) is 0 Å². The average Bonchev–Trinajstić information content (AvgIpc) is 2.50. The van der Waals surface area contributed by atoms with Crippen molar-refractivity contribution in [3.63, 3.8) is 0 Å². The van der Waals surface area contributed by atoms with Crippen molar-refractivity contribution < 1.29 is 9.59 Å². The first-order valence-corrected chi connectivity index (χ1v) is 8.44. The number of hydrogen-bond acceptors (Lipinski definition) is 3. The summed E-state index contributed by atoms with van der Waals surface area (Å²) in [6.07, 6.45) is 0.0628. The maximum absolute atomic E-state index is 12.2. The van der Waals surface area contributed by atoms with Crippen LogP contribution in [0.5, 0.6) is 0 Å². The molecule has 0 aliphatic rings. The van der Waals surface area contributed by atoms with Crippen molar-refractivity contribution in [2.45, 2.75) is 11.3 Å². The Kier molecular flexibility index (Phi) is 6.33. The summed E-state index contributed by atoms with van der Waals surface area (Å²) in [5.41, 5.74) is 6.35. The lowest BCUT2D eigenvalue weighted by Crippen LogP contribution is -2.16. The van der Waals surface area contributed by atoms with Crippen LogP contribution in [0.25, 0.3) is 0 Å². The lowest BCUT2D eigenvalue weighted by atomic mass is 10.1. The molecule has 0 fully saturated rings. The molecule has 0 atom stereocenters. The summed E-state index contributed by atoms with van der Waals surface area (Å²) in [7, 11) is 0.